The third-order valence-electron chi connectivity index (χ3n) is 1.35. The molecular formula is C8H17NO. The Morgan fingerprint density at radius 1 is 1.30 bits per heavy atom. The van der Waals surface area contributed by atoms with Crippen molar-refractivity contribution < 1.29 is 4.74 Å². The zero-order chi connectivity index (χ0) is 7.82. The van der Waals surface area contributed by atoms with Crippen molar-refractivity contribution in [1.29, 1.82) is 0 Å². The van der Waals surface area contributed by atoms with E-state index in [0.717, 1.165) is 30.4 Å². The third-order valence-corrected chi connectivity index (χ3v) is 1.35. The van der Waals surface area contributed by atoms with E-state index in [-0.39, 0.29) is 0 Å². The van der Waals surface area contributed by atoms with Crippen molar-refractivity contribution >= 4 is 6.21 Å². The molecule has 0 saturated heterocycles. The summed E-state index contributed by atoms with van der Waals surface area (Å²) >= 11 is 0. The minimum atomic E-state index is 0.663. The molecule has 0 fully saturated rings. The molecule has 2 heteroatoms. The Bertz CT molecular complexity index is 99.4. The molecule has 0 aromatic rings. The van der Waals surface area contributed by atoms with Gasteiger partial charge in [0.1, 0.15) is 0 Å². The molecule has 0 N–H and O–H groups in total. The van der Waals surface area contributed by atoms with Crippen LogP contribution in [0.3, 0.4) is 0 Å². The van der Waals surface area contributed by atoms with Gasteiger partial charge in [-0.05, 0) is 6.42 Å². The van der Waals surface area contributed by atoms with Crippen molar-refractivity contribution in [3.8, 4) is 0 Å². The van der Waals surface area contributed by atoms with Gasteiger partial charge < -0.3 is 5.21 Å². The summed E-state index contributed by atoms with van der Waals surface area (Å²) in [7, 11) is 0. The predicted molar refractivity (Wildman–Crippen MR) is 44.4 cm³/mol. The minimum absolute atomic E-state index is 0.663. The smallest absolute Gasteiger partial charge is 0.153 e. The van der Waals surface area contributed by atoms with Crippen LogP contribution in [0.15, 0.2) is 0 Å². The van der Waals surface area contributed by atoms with Crippen molar-refractivity contribution in [2.24, 2.45) is 0 Å². The van der Waals surface area contributed by atoms with Crippen LogP contribution in [0, 0.1) is 5.21 Å². The highest BCUT2D eigenvalue weighted by molar-refractivity contribution is 5.50. The first-order valence-corrected chi connectivity index (χ1v) is 4.08. The maximum Gasteiger partial charge on any atom is 0.153 e. The second-order valence-corrected chi connectivity index (χ2v) is 2.47. The number of hydroxylamine groups is 1. The number of nitrogens with zero attached hydrogens (tertiary/aromatic N) is 1. The van der Waals surface area contributed by atoms with Crippen molar-refractivity contribution in [2.45, 2.75) is 39.5 Å². The van der Waals surface area contributed by atoms with E-state index >= 15 is 0 Å². The number of hydrogen-bond acceptors (Lipinski definition) is 1. The minimum Gasteiger partial charge on any atom is -0.624 e. The Morgan fingerprint density at radius 2 is 2.00 bits per heavy atom. The van der Waals surface area contributed by atoms with E-state index in [2.05, 4.69) is 13.8 Å². The van der Waals surface area contributed by atoms with Gasteiger partial charge in [0.15, 0.2) is 12.8 Å². The highest BCUT2D eigenvalue weighted by Gasteiger charge is 1.89. The molecule has 0 aromatic carbocycles. The summed E-state index contributed by atoms with van der Waals surface area (Å²) in [6.07, 6.45) is 5.80. The van der Waals surface area contributed by atoms with Gasteiger partial charge in [-0.2, -0.15) is 0 Å². The standard InChI is InChI=1S/C8H17NO/c1-3-5-7-9(10)8-6-4-2/h7H,3-6,8H2,1-2H3/b9-7-. The lowest BCUT2D eigenvalue weighted by molar-refractivity contribution is -0.454. The second kappa shape index (κ2) is 6.59. The number of unbranched alkanes of at least 4 members (excludes halogenated alkanes) is 2. The van der Waals surface area contributed by atoms with Crippen LogP contribution >= 0.6 is 0 Å². The Balaban J connectivity index is 3.30. The second-order valence-electron chi connectivity index (χ2n) is 2.47. The lowest BCUT2D eigenvalue weighted by Gasteiger charge is -2.01. The Morgan fingerprint density at radius 3 is 2.50 bits per heavy atom. The summed E-state index contributed by atoms with van der Waals surface area (Å²) < 4.78 is 1.05. The average molecular weight is 143 g/mol. The Kier molecular flexibility index (Phi) is 6.24. The molecule has 0 bridgehead atoms. The summed E-state index contributed by atoms with van der Waals surface area (Å²) in [6, 6.07) is 0. The molecule has 0 atom stereocenters. The van der Waals surface area contributed by atoms with Crippen molar-refractivity contribution in [3.05, 3.63) is 5.21 Å². The van der Waals surface area contributed by atoms with Gasteiger partial charge in [-0.1, -0.05) is 20.3 Å². The van der Waals surface area contributed by atoms with Crippen LogP contribution in [-0.2, 0) is 0 Å². The fraction of sp³-hybridized carbons (Fsp3) is 0.875. The Labute approximate surface area is 63.1 Å². The first-order chi connectivity index (χ1) is 4.81. The van der Waals surface area contributed by atoms with Gasteiger partial charge >= 0.3 is 0 Å². The molecule has 0 saturated carbocycles. The highest BCUT2D eigenvalue weighted by atomic mass is 16.5. The number of hydrogen-bond donors (Lipinski definition) is 0. The molecule has 60 valence electrons. The van der Waals surface area contributed by atoms with Crippen LogP contribution in [0.25, 0.3) is 0 Å². The molecule has 0 aliphatic heterocycles. The third kappa shape index (κ3) is 5.60. The largest absolute Gasteiger partial charge is 0.624 e. The van der Waals surface area contributed by atoms with Crippen LogP contribution in [0.2, 0.25) is 0 Å². The van der Waals surface area contributed by atoms with Crippen LogP contribution in [0.1, 0.15) is 39.5 Å². The summed E-state index contributed by atoms with van der Waals surface area (Å²) in [6.45, 7) is 4.83. The van der Waals surface area contributed by atoms with Gasteiger partial charge in [-0.15, -0.1) is 0 Å². The summed E-state index contributed by atoms with van der Waals surface area (Å²) in [5.74, 6) is 0. The molecule has 0 amide bonds. The number of rotatable bonds is 5. The molecular weight excluding hydrogens is 126 g/mol. The van der Waals surface area contributed by atoms with E-state index in [4.69, 9.17) is 0 Å². The maximum atomic E-state index is 10.8. The topological polar surface area (TPSA) is 26.1 Å². The van der Waals surface area contributed by atoms with Gasteiger partial charge in [-0.3, -0.25) is 0 Å². The molecule has 0 aliphatic carbocycles. The van der Waals surface area contributed by atoms with Crippen LogP contribution in [0.5, 0.6) is 0 Å². The molecule has 0 radical (unpaired) electrons. The lowest BCUT2D eigenvalue weighted by Crippen LogP contribution is -2.05. The average Bonchev–Trinajstić information content (AvgIpc) is 1.97. The van der Waals surface area contributed by atoms with Crippen molar-refractivity contribution in [3.63, 3.8) is 0 Å². The normalized spacial score (nSPS) is 12.0. The molecule has 2 nitrogen and oxygen atoms in total. The first-order valence-electron chi connectivity index (χ1n) is 4.08. The monoisotopic (exact) mass is 143 g/mol. The summed E-state index contributed by atoms with van der Waals surface area (Å²) in [5, 5.41) is 10.8. The fourth-order valence-corrected chi connectivity index (χ4v) is 0.678. The SMILES string of the molecule is CCC/C=[N+](\[O-])CCCC. The lowest BCUT2D eigenvalue weighted by atomic mass is 10.3. The van der Waals surface area contributed by atoms with Crippen LogP contribution < -0.4 is 0 Å². The molecule has 0 spiro atoms. The van der Waals surface area contributed by atoms with Gasteiger partial charge in [-0.25, -0.2) is 4.74 Å². The maximum absolute atomic E-state index is 10.8. The van der Waals surface area contributed by atoms with Crippen LogP contribution in [-0.4, -0.2) is 17.5 Å². The zero-order valence-corrected chi connectivity index (χ0v) is 6.97. The quantitative estimate of drug-likeness (QED) is 0.251. The van der Waals surface area contributed by atoms with E-state index in [1.807, 2.05) is 0 Å². The van der Waals surface area contributed by atoms with E-state index in [9.17, 15) is 5.21 Å². The molecule has 0 aliphatic rings. The van der Waals surface area contributed by atoms with Gasteiger partial charge in [0.2, 0.25) is 0 Å². The van der Waals surface area contributed by atoms with E-state index in [0.29, 0.717) is 6.54 Å². The summed E-state index contributed by atoms with van der Waals surface area (Å²) in [4.78, 5) is 0. The first kappa shape index (κ1) is 9.47. The van der Waals surface area contributed by atoms with Crippen molar-refractivity contribution in [1.82, 2.24) is 0 Å². The highest BCUT2D eigenvalue weighted by Crippen LogP contribution is 1.87. The van der Waals surface area contributed by atoms with Gasteiger partial charge in [0.05, 0.1) is 0 Å². The molecule has 0 rings (SSSR count). The van der Waals surface area contributed by atoms with Gasteiger partial charge in [0, 0.05) is 12.8 Å². The fourth-order valence-electron chi connectivity index (χ4n) is 0.678. The summed E-state index contributed by atoms with van der Waals surface area (Å²) in [5.41, 5.74) is 0. The molecule has 0 unspecified atom stereocenters. The van der Waals surface area contributed by atoms with Gasteiger partial charge in [0.25, 0.3) is 0 Å². The van der Waals surface area contributed by atoms with E-state index in [1.54, 1.807) is 6.21 Å². The molecule has 0 heterocycles. The molecule has 0 aromatic heterocycles. The zero-order valence-electron chi connectivity index (χ0n) is 6.97. The Hall–Kier alpha value is -0.530. The van der Waals surface area contributed by atoms with E-state index < -0.39 is 0 Å². The van der Waals surface area contributed by atoms with E-state index in [1.165, 1.54) is 0 Å². The predicted octanol–water partition coefficient (Wildman–Crippen LogP) is 2.17. The van der Waals surface area contributed by atoms with Crippen LogP contribution in [0.4, 0.5) is 0 Å². The molecule has 10 heavy (non-hydrogen) atoms. The van der Waals surface area contributed by atoms with Crippen molar-refractivity contribution in [2.75, 3.05) is 6.54 Å².